The molecule has 0 saturated heterocycles. The van der Waals surface area contributed by atoms with Crippen LogP contribution in [0.2, 0.25) is 0 Å². The van der Waals surface area contributed by atoms with Crippen LogP contribution in [0.5, 0.6) is 0 Å². The molecule has 2 aromatic rings. The number of amides is 3. The zero-order valence-electron chi connectivity index (χ0n) is 15.6. The monoisotopic (exact) mass is 401 g/mol. The van der Waals surface area contributed by atoms with Crippen LogP contribution in [0, 0.1) is 0 Å². The zero-order valence-corrected chi connectivity index (χ0v) is 16.4. The molecule has 9 heteroatoms. The van der Waals surface area contributed by atoms with Crippen molar-refractivity contribution in [1.29, 1.82) is 0 Å². The Bertz CT molecular complexity index is 877. The molecule has 3 amide bonds. The van der Waals surface area contributed by atoms with Crippen LogP contribution in [-0.4, -0.2) is 34.2 Å². The van der Waals surface area contributed by atoms with Gasteiger partial charge in [0.15, 0.2) is 5.69 Å². The van der Waals surface area contributed by atoms with Crippen molar-refractivity contribution in [2.45, 2.75) is 44.7 Å². The highest BCUT2D eigenvalue weighted by molar-refractivity contribution is 7.09. The summed E-state index contributed by atoms with van der Waals surface area (Å²) in [5.41, 5.74) is 11.5. The third-order valence-electron chi connectivity index (χ3n) is 4.88. The van der Waals surface area contributed by atoms with Crippen LogP contribution in [0.15, 0.2) is 30.3 Å². The Morgan fingerprint density at radius 1 is 1.21 bits per heavy atom. The zero-order chi connectivity index (χ0) is 20.3. The van der Waals surface area contributed by atoms with E-state index in [2.05, 4.69) is 9.69 Å². The molecule has 1 aliphatic rings. The minimum absolute atomic E-state index is 0.0631. The van der Waals surface area contributed by atoms with Crippen LogP contribution in [0.25, 0.3) is 0 Å². The molecule has 3 rings (SSSR count). The highest BCUT2D eigenvalue weighted by Crippen LogP contribution is 2.27. The lowest BCUT2D eigenvalue weighted by atomic mass is 10.1. The lowest BCUT2D eigenvalue weighted by Gasteiger charge is -2.29. The molecular weight excluding hydrogens is 378 g/mol. The van der Waals surface area contributed by atoms with E-state index in [4.69, 9.17) is 11.5 Å². The number of nitrogens with two attached hydrogens (primary N) is 2. The number of nitrogen functional groups attached to an aromatic ring is 1. The summed E-state index contributed by atoms with van der Waals surface area (Å²) in [6.07, 6.45) is 4.07. The highest BCUT2D eigenvalue weighted by Gasteiger charge is 2.33. The molecule has 1 heterocycles. The van der Waals surface area contributed by atoms with Crippen molar-refractivity contribution in [3.8, 4) is 0 Å². The molecule has 1 saturated carbocycles. The first-order chi connectivity index (χ1) is 13.4. The van der Waals surface area contributed by atoms with Gasteiger partial charge in [-0.3, -0.25) is 19.3 Å². The fourth-order valence-corrected chi connectivity index (χ4v) is 4.10. The van der Waals surface area contributed by atoms with Crippen molar-refractivity contribution in [2.24, 2.45) is 5.73 Å². The van der Waals surface area contributed by atoms with Crippen molar-refractivity contribution < 1.29 is 14.4 Å². The molecule has 5 N–H and O–H groups in total. The van der Waals surface area contributed by atoms with E-state index >= 15 is 0 Å². The van der Waals surface area contributed by atoms with Crippen molar-refractivity contribution in [2.75, 3.05) is 10.6 Å². The molecule has 1 aromatic carbocycles. The number of nitrogens with zero attached hydrogens (tertiary/aromatic N) is 2. The van der Waals surface area contributed by atoms with Crippen LogP contribution in [0.3, 0.4) is 0 Å². The van der Waals surface area contributed by atoms with Crippen molar-refractivity contribution in [3.05, 3.63) is 40.9 Å². The largest absolute Gasteiger partial charge is 0.395 e. The van der Waals surface area contributed by atoms with E-state index < -0.39 is 17.9 Å². The van der Waals surface area contributed by atoms with E-state index in [9.17, 15) is 14.4 Å². The van der Waals surface area contributed by atoms with Gasteiger partial charge in [-0.05, 0) is 43.4 Å². The summed E-state index contributed by atoms with van der Waals surface area (Å²) in [6, 6.07) is 8.23. The van der Waals surface area contributed by atoms with E-state index in [1.807, 2.05) is 6.07 Å². The van der Waals surface area contributed by atoms with Gasteiger partial charge in [0.05, 0.1) is 5.69 Å². The van der Waals surface area contributed by atoms with Crippen LogP contribution in [-0.2, 0) is 4.79 Å². The average Bonchev–Trinajstić information content (AvgIpc) is 3.32. The highest BCUT2D eigenvalue weighted by atomic mass is 32.1. The molecule has 1 atom stereocenters. The lowest BCUT2D eigenvalue weighted by molar-refractivity contribution is -0.122. The third kappa shape index (κ3) is 3.99. The standard InChI is InChI=1S/C19H23N5O3S/c1-11(18(26)22-12-7-5-6-8-12)24(13-9-3-2-4-10-13)19(27)16-14(20)15(17(21)25)23-28-16/h2-4,9-12H,5-8,20H2,1H3,(H2,21,25)(H,22,26). The van der Waals surface area contributed by atoms with Gasteiger partial charge in [0.1, 0.15) is 10.9 Å². The molecule has 1 unspecified atom stereocenters. The smallest absolute Gasteiger partial charge is 0.272 e. The first kappa shape index (κ1) is 19.8. The second-order valence-corrected chi connectivity index (χ2v) is 7.59. The molecule has 1 aliphatic carbocycles. The predicted molar refractivity (Wildman–Crippen MR) is 108 cm³/mol. The number of carbonyl (C=O) groups is 3. The average molecular weight is 401 g/mol. The maximum absolute atomic E-state index is 13.3. The Labute approximate surface area is 167 Å². The second kappa shape index (κ2) is 8.39. The molecule has 148 valence electrons. The second-order valence-electron chi connectivity index (χ2n) is 6.81. The minimum atomic E-state index is -0.800. The topological polar surface area (TPSA) is 131 Å². The Morgan fingerprint density at radius 2 is 1.86 bits per heavy atom. The first-order valence-electron chi connectivity index (χ1n) is 9.14. The summed E-state index contributed by atoms with van der Waals surface area (Å²) in [7, 11) is 0. The summed E-state index contributed by atoms with van der Waals surface area (Å²) in [5, 5.41) is 3.02. The minimum Gasteiger partial charge on any atom is -0.395 e. The van der Waals surface area contributed by atoms with Crippen molar-refractivity contribution >= 4 is 40.6 Å². The molecular formula is C19H23N5O3S. The van der Waals surface area contributed by atoms with Gasteiger partial charge in [0, 0.05) is 11.7 Å². The third-order valence-corrected chi connectivity index (χ3v) is 5.73. The van der Waals surface area contributed by atoms with Crippen LogP contribution < -0.4 is 21.7 Å². The number of primary amides is 1. The summed E-state index contributed by atoms with van der Waals surface area (Å²) >= 11 is 0.799. The number of hydrogen-bond donors (Lipinski definition) is 3. The number of aromatic nitrogens is 1. The normalized spacial score (nSPS) is 15.2. The number of nitrogens with one attached hydrogen (secondary N) is 1. The lowest BCUT2D eigenvalue weighted by Crippen LogP contribution is -2.50. The summed E-state index contributed by atoms with van der Waals surface area (Å²) in [6.45, 7) is 1.67. The molecule has 1 aromatic heterocycles. The SMILES string of the molecule is CC(C(=O)NC1CCCC1)N(C(=O)c1snc(C(N)=O)c1N)c1ccccc1. The van der Waals surface area contributed by atoms with E-state index in [-0.39, 0.29) is 28.2 Å². The van der Waals surface area contributed by atoms with Gasteiger partial charge in [0.2, 0.25) is 5.91 Å². The van der Waals surface area contributed by atoms with E-state index in [1.165, 1.54) is 4.90 Å². The van der Waals surface area contributed by atoms with Gasteiger partial charge < -0.3 is 16.8 Å². The molecule has 8 nitrogen and oxygen atoms in total. The van der Waals surface area contributed by atoms with Crippen molar-refractivity contribution in [3.63, 3.8) is 0 Å². The van der Waals surface area contributed by atoms with Crippen LogP contribution >= 0.6 is 11.5 Å². The Kier molecular flexibility index (Phi) is 5.93. The van der Waals surface area contributed by atoms with E-state index in [1.54, 1.807) is 31.2 Å². The van der Waals surface area contributed by atoms with E-state index in [0.717, 1.165) is 37.2 Å². The van der Waals surface area contributed by atoms with Gasteiger partial charge >= 0.3 is 0 Å². The Morgan fingerprint density at radius 3 is 2.43 bits per heavy atom. The molecule has 0 bridgehead atoms. The first-order valence-corrected chi connectivity index (χ1v) is 9.91. The van der Waals surface area contributed by atoms with Crippen LogP contribution in [0.1, 0.15) is 52.8 Å². The number of rotatable bonds is 6. The van der Waals surface area contributed by atoms with Gasteiger partial charge in [-0.15, -0.1) is 0 Å². The van der Waals surface area contributed by atoms with Gasteiger partial charge in [-0.1, -0.05) is 31.0 Å². The van der Waals surface area contributed by atoms with Gasteiger partial charge in [0.25, 0.3) is 11.8 Å². The maximum Gasteiger partial charge on any atom is 0.272 e. The molecule has 28 heavy (non-hydrogen) atoms. The number of anilines is 2. The summed E-state index contributed by atoms with van der Waals surface area (Å²) in [5.74, 6) is -1.53. The number of para-hydroxylation sites is 1. The number of carbonyl (C=O) groups excluding carboxylic acids is 3. The molecule has 0 aliphatic heterocycles. The van der Waals surface area contributed by atoms with Crippen molar-refractivity contribution in [1.82, 2.24) is 9.69 Å². The molecule has 1 fully saturated rings. The number of benzene rings is 1. The fraction of sp³-hybridized carbons (Fsp3) is 0.368. The molecule has 0 radical (unpaired) electrons. The maximum atomic E-state index is 13.3. The van der Waals surface area contributed by atoms with Gasteiger partial charge in [-0.2, -0.15) is 4.37 Å². The summed E-state index contributed by atoms with van der Waals surface area (Å²) < 4.78 is 3.89. The van der Waals surface area contributed by atoms with Gasteiger partial charge in [-0.25, -0.2) is 0 Å². The number of hydrogen-bond acceptors (Lipinski definition) is 6. The summed E-state index contributed by atoms with van der Waals surface area (Å²) in [4.78, 5) is 39.0. The van der Waals surface area contributed by atoms with Crippen LogP contribution in [0.4, 0.5) is 11.4 Å². The predicted octanol–water partition coefficient (Wildman–Crippen LogP) is 1.92. The fourth-order valence-electron chi connectivity index (χ4n) is 3.35. The Balaban J connectivity index is 1.92. The Hall–Kier alpha value is -2.94. The quantitative estimate of drug-likeness (QED) is 0.680. The van der Waals surface area contributed by atoms with E-state index in [0.29, 0.717) is 5.69 Å². The molecule has 0 spiro atoms.